The van der Waals surface area contributed by atoms with Crippen molar-refractivity contribution in [3.05, 3.63) is 68.7 Å². The van der Waals surface area contributed by atoms with Crippen LogP contribution in [0.5, 0.6) is 0 Å². The molecule has 0 aromatic heterocycles. The van der Waals surface area contributed by atoms with Crippen LogP contribution in [0.3, 0.4) is 0 Å². The lowest BCUT2D eigenvalue weighted by molar-refractivity contribution is 0.101. The number of rotatable bonds is 1. The molecule has 2 heteroatoms. The van der Waals surface area contributed by atoms with E-state index >= 15 is 0 Å². The molecule has 0 aliphatic heterocycles. The van der Waals surface area contributed by atoms with Crippen LogP contribution in [-0.4, -0.2) is 5.78 Å². The van der Waals surface area contributed by atoms with E-state index in [-0.39, 0.29) is 5.78 Å². The molecule has 0 amide bonds. The van der Waals surface area contributed by atoms with Gasteiger partial charge in [0.05, 0.1) is 0 Å². The van der Waals surface area contributed by atoms with Gasteiger partial charge >= 0.3 is 0 Å². The van der Waals surface area contributed by atoms with Gasteiger partial charge in [0.2, 0.25) is 0 Å². The summed E-state index contributed by atoms with van der Waals surface area (Å²) in [6.45, 7) is 1.68. The second kappa shape index (κ2) is 6.78. The minimum absolute atomic E-state index is 0.179. The Morgan fingerprint density at radius 3 is 2.09 bits per heavy atom. The molecule has 0 N–H and O–H groups in total. The molecule has 2 aromatic rings. The minimum atomic E-state index is 0.179. The molecule has 4 aliphatic rings. The van der Waals surface area contributed by atoms with Gasteiger partial charge in [-0.05, 0) is 79.8 Å². The van der Waals surface area contributed by atoms with Gasteiger partial charge in [-0.1, -0.05) is 40.2 Å². The predicted octanol–water partition coefficient (Wildman–Crippen LogP) is 5.32. The molecule has 0 saturated carbocycles. The third-order valence-electron chi connectivity index (χ3n) is 4.52. The normalized spacial score (nSPS) is 14.8. The number of aryl methyl sites for hydroxylation is 4. The summed E-state index contributed by atoms with van der Waals surface area (Å²) in [5.41, 5.74) is 6.10. The largest absolute Gasteiger partial charge is 0.295 e. The van der Waals surface area contributed by atoms with Gasteiger partial charge in [0.15, 0.2) is 5.78 Å². The van der Waals surface area contributed by atoms with Crippen LogP contribution < -0.4 is 0 Å². The fraction of sp³-hybridized carbons (Fsp3) is 0.350. The summed E-state index contributed by atoms with van der Waals surface area (Å²) in [5, 5.41) is 0. The van der Waals surface area contributed by atoms with Crippen molar-refractivity contribution in [3.63, 3.8) is 0 Å². The smallest absolute Gasteiger partial charge is 0.160 e. The Hall–Kier alpha value is -1.41. The quantitative estimate of drug-likeness (QED) is 0.632. The Bertz CT molecular complexity index is 703. The fourth-order valence-corrected chi connectivity index (χ4v) is 3.83. The number of ketones is 1. The van der Waals surface area contributed by atoms with Crippen LogP contribution in [0.1, 0.15) is 52.4 Å². The van der Waals surface area contributed by atoms with Gasteiger partial charge in [-0.2, -0.15) is 0 Å². The summed E-state index contributed by atoms with van der Waals surface area (Å²) < 4.78 is 1.20. The van der Waals surface area contributed by atoms with E-state index in [4.69, 9.17) is 0 Å². The Morgan fingerprint density at radius 2 is 1.45 bits per heavy atom. The second-order valence-corrected chi connectivity index (χ2v) is 7.03. The highest BCUT2D eigenvalue weighted by atomic mass is 79.9. The SMILES string of the molecule is CC(=O)c1cc2ccc1CCc1ccc(cc1Br)CCCC2. The third kappa shape index (κ3) is 3.49. The minimum Gasteiger partial charge on any atom is -0.295 e. The molecule has 0 radical (unpaired) electrons. The van der Waals surface area contributed by atoms with Crippen LogP contribution in [0.2, 0.25) is 0 Å². The predicted molar refractivity (Wildman–Crippen MR) is 94.6 cm³/mol. The molecule has 0 unspecified atom stereocenters. The zero-order valence-corrected chi connectivity index (χ0v) is 14.6. The zero-order chi connectivity index (χ0) is 15.5. The van der Waals surface area contributed by atoms with Crippen LogP contribution in [0.25, 0.3) is 0 Å². The summed E-state index contributed by atoms with van der Waals surface area (Å²) in [7, 11) is 0. The van der Waals surface area contributed by atoms with Gasteiger partial charge in [-0.25, -0.2) is 0 Å². The standard InChI is InChI=1S/C20H21BrO/c1-14(22)19-12-15-4-2-3-5-16-7-9-18(20(21)13-16)11-10-17(19)8-6-15/h6-9,12-13H,2-5,10-11H2,1H3. The maximum Gasteiger partial charge on any atom is 0.160 e. The monoisotopic (exact) mass is 356 g/mol. The van der Waals surface area contributed by atoms with Crippen molar-refractivity contribution in [2.24, 2.45) is 0 Å². The number of benzene rings is 2. The number of carbonyl (C=O) groups is 1. The van der Waals surface area contributed by atoms with E-state index in [2.05, 4.69) is 52.3 Å². The van der Waals surface area contributed by atoms with Gasteiger partial charge in [-0.3, -0.25) is 4.79 Å². The number of Topliss-reactive ketones (excluding diaryl/α,β-unsaturated/α-hetero) is 1. The van der Waals surface area contributed by atoms with E-state index < -0.39 is 0 Å². The van der Waals surface area contributed by atoms with Crippen molar-refractivity contribution in [1.29, 1.82) is 0 Å². The van der Waals surface area contributed by atoms with Gasteiger partial charge < -0.3 is 0 Å². The Morgan fingerprint density at radius 1 is 0.864 bits per heavy atom. The molecule has 4 aliphatic carbocycles. The van der Waals surface area contributed by atoms with Gasteiger partial charge in [0, 0.05) is 10.0 Å². The van der Waals surface area contributed by atoms with Crippen molar-refractivity contribution in [3.8, 4) is 0 Å². The first-order chi connectivity index (χ1) is 10.6. The van der Waals surface area contributed by atoms with Crippen molar-refractivity contribution >= 4 is 21.7 Å². The summed E-state index contributed by atoms with van der Waals surface area (Å²) in [5.74, 6) is 0.179. The average Bonchev–Trinajstić information content (AvgIpc) is 2.51. The first kappa shape index (κ1) is 15.5. The second-order valence-electron chi connectivity index (χ2n) is 6.18. The molecule has 1 nitrogen and oxygen atoms in total. The molecule has 114 valence electrons. The first-order valence-electron chi connectivity index (χ1n) is 8.03. The van der Waals surface area contributed by atoms with Crippen LogP contribution >= 0.6 is 15.9 Å². The van der Waals surface area contributed by atoms with E-state index in [1.165, 1.54) is 33.1 Å². The molecule has 0 atom stereocenters. The lowest BCUT2D eigenvalue weighted by Crippen LogP contribution is -2.04. The highest BCUT2D eigenvalue weighted by molar-refractivity contribution is 9.10. The molecule has 0 spiro atoms. The van der Waals surface area contributed by atoms with Crippen LogP contribution in [-0.2, 0) is 25.7 Å². The van der Waals surface area contributed by atoms with E-state index in [1.54, 1.807) is 6.92 Å². The Balaban J connectivity index is 1.98. The lowest BCUT2D eigenvalue weighted by atomic mass is 9.93. The van der Waals surface area contributed by atoms with Crippen molar-refractivity contribution in [2.75, 3.05) is 0 Å². The zero-order valence-electron chi connectivity index (χ0n) is 13.0. The molecular weight excluding hydrogens is 336 g/mol. The Labute approximate surface area is 140 Å². The summed E-state index contributed by atoms with van der Waals surface area (Å²) >= 11 is 3.71. The number of hydrogen-bond acceptors (Lipinski definition) is 1. The van der Waals surface area contributed by atoms with Crippen molar-refractivity contribution < 1.29 is 4.79 Å². The van der Waals surface area contributed by atoms with Crippen LogP contribution in [0.4, 0.5) is 0 Å². The molecule has 0 heterocycles. The number of halogens is 1. The average molecular weight is 357 g/mol. The van der Waals surface area contributed by atoms with E-state index in [0.29, 0.717) is 0 Å². The Kier molecular flexibility index (Phi) is 4.77. The fourth-order valence-electron chi connectivity index (χ4n) is 3.20. The van der Waals surface area contributed by atoms with Crippen LogP contribution in [0, 0.1) is 0 Å². The summed E-state index contributed by atoms with van der Waals surface area (Å²) in [6, 6.07) is 13.2. The molecule has 6 rings (SSSR count). The summed E-state index contributed by atoms with van der Waals surface area (Å²) in [6.07, 6.45) is 6.39. The third-order valence-corrected chi connectivity index (χ3v) is 5.25. The van der Waals surface area contributed by atoms with Crippen molar-refractivity contribution in [1.82, 2.24) is 0 Å². The van der Waals surface area contributed by atoms with Gasteiger partial charge in [0.1, 0.15) is 0 Å². The van der Waals surface area contributed by atoms with E-state index in [1.807, 2.05) is 0 Å². The molecular formula is C20H21BrO. The number of carbonyl (C=O) groups excluding carboxylic acids is 1. The molecule has 2 aromatic carbocycles. The summed E-state index contributed by atoms with van der Waals surface area (Å²) in [4.78, 5) is 12.0. The first-order valence-corrected chi connectivity index (χ1v) is 8.83. The van der Waals surface area contributed by atoms with Gasteiger partial charge in [-0.15, -0.1) is 0 Å². The molecule has 22 heavy (non-hydrogen) atoms. The van der Waals surface area contributed by atoms with E-state index in [0.717, 1.165) is 37.7 Å². The van der Waals surface area contributed by atoms with Crippen LogP contribution in [0.15, 0.2) is 40.9 Å². The number of hydrogen-bond donors (Lipinski definition) is 0. The van der Waals surface area contributed by atoms with E-state index in [9.17, 15) is 4.79 Å². The molecule has 0 saturated heterocycles. The maximum absolute atomic E-state index is 12.0. The lowest BCUT2D eigenvalue weighted by Gasteiger charge is -2.13. The van der Waals surface area contributed by atoms with Crippen molar-refractivity contribution in [2.45, 2.75) is 45.4 Å². The van der Waals surface area contributed by atoms with Gasteiger partial charge in [0.25, 0.3) is 0 Å². The highest BCUT2D eigenvalue weighted by Crippen LogP contribution is 2.24. The maximum atomic E-state index is 12.0. The molecule has 4 bridgehead atoms. The topological polar surface area (TPSA) is 17.1 Å². The highest BCUT2D eigenvalue weighted by Gasteiger charge is 2.11. The molecule has 0 fully saturated rings.